The molecule has 1 saturated carbocycles. The molecule has 1 aliphatic carbocycles. The SMILES string of the molecule is COc1cc2c(cc1Nc1ncc3cnn(C[C@@H]4C[C@H]5C[C@H]5N4C(C)=O)c3n1)CN(C)CC2. The molecule has 9 heteroatoms. The molecule has 172 valence electrons. The Bertz CT molecular complexity index is 1240. The molecule has 3 aromatic rings. The number of anilines is 2. The van der Waals surface area contributed by atoms with Gasteiger partial charge in [-0.25, -0.2) is 9.67 Å². The summed E-state index contributed by atoms with van der Waals surface area (Å²) in [4.78, 5) is 25.8. The van der Waals surface area contributed by atoms with E-state index < -0.39 is 0 Å². The predicted octanol–water partition coefficient (Wildman–Crippen LogP) is 2.58. The molecule has 0 spiro atoms. The molecule has 3 atom stereocenters. The molecular formula is C24H29N7O2. The lowest BCUT2D eigenvalue weighted by Gasteiger charge is -2.26. The molecule has 1 amide bonds. The van der Waals surface area contributed by atoms with Gasteiger partial charge in [-0.2, -0.15) is 10.1 Å². The quantitative estimate of drug-likeness (QED) is 0.643. The Balaban J connectivity index is 1.28. The average molecular weight is 448 g/mol. The number of aromatic nitrogens is 4. The van der Waals surface area contributed by atoms with Gasteiger partial charge in [-0.1, -0.05) is 0 Å². The molecule has 33 heavy (non-hydrogen) atoms. The lowest BCUT2D eigenvalue weighted by atomic mass is 9.99. The summed E-state index contributed by atoms with van der Waals surface area (Å²) in [6.45, 7) is 4.29. The summed E-state index contributed by atoms with van der Waals surface area (Å²) in [5, 5.41) is 8.81. The maximum atomic E-state index is 12.2. The number of methoxy groups -OCH3 is 1. The summed E-state index contributed by atoms with van der Waals surface area (Å²) in [5.41, 5.74) is 4.25. The predicted molar refractivity (Wildman–Crippen MR) is 124 cm³/mol. The molecule has 1 N–H and O–H groups in total. The molecular weight excluding hydrogens is 418 g/mol. The van der Waals surface area contributed by atoms with Crippen molar-refractivity contribution in [2.45, 2.75) is 51.4 Å². The van der Waals surface area contributed by atoms with E-state index in [0.29, 0.717) is 24.5 Å². The van der Waals surface area contributed by atoms with Gasteiger partial charge in [0.05, 0.1) is 37.0 Å². The molecule has 1 aromatic carbocycles. The number of likely N-dealkylation sites (tertiary alicyclic amines) is 1. The standard InChI is InChI=1S/C24H29N7O2/c1-14(32)31-19(6-16-8-21(16)31)13-30-23-18(11-26-30)10-25-24(28-23)27-20-7-17-12-29(2)5-4-15(17)9-22(20)33-3/h7,9-11,16,19,21H,4-6,8,12-13H2,1-3H3,(H,25,27,28)/t16-,19-,21+/m0/s1. The van der Waals surface area contributed by atoms with E-state index >= 15 is 0 Å². The number of benzene rings is 1. The molecule has 9 nitrogen and oxygen atoms in total. The Morgan fingerprint density at radius 2 is 2.12 bits per heavy atom. The minimum Gasteiger partial charge on any atom is -0.495 e. The van der Waals surface area contributed by atoms with Gasteiger partial charge in [0, 0.05) is 32.3 Å². The number of carbonyl (C=O) groups is 1. The fourth-order valence-corrected chi connectivity index (χ4v) is 5.59. The van der Waals surface area contributed by atoms with Crippen molar-refractivity contribution in [3.05, 3.63) is 35.7 Å². The molecule has 0 radical (unpaired) electrons. The van der Waals surface area contributed by atoms with Gasteiger partial charge in [0.1, 0.15) is 5.75 Å². The highest BCUT2D eigenvalue weighted by Crippen LogP contribution is 2.48. The van der Waals surface area contributed by atoms with Crippen LogP contribution in [0, 0.1) is 5.92 Å². The third-order valence-electron chi connectivity index (χ3n) is 7.31. The number of carbonyl (C=O) groups excluding carboxylic acids is 1. The second kappa shape index (κ2) is 7.69. The average Bonchev–Trinajstić information content (AvgIpc) is 3.28. The van der Waals surface area contributed by atoms with Crippen LogP contribution in [0.2, 0.25) is 0 Å². The van der Waals surface area contributed by atoms with Crippen molar-refractivity contribution in [1.82, 2.24) is 29.5 Å². The van der Waals surface area contributed by atoms with Crippen LogP contribution in [-0.4, -0.2) is 68.2 Å². The maximum absolute atomic E-state index is 12.2. The van der Waals surface area contributed by atoms with Crippen molar-refractivity contribution in [1.29, 1.82) is 0 Å². The van der Waals surface area contributed by atoms with Gasteiger partial charge >= 0.3 is 0 Å². The Morgan fingerprint density at radius 1 is 1.24 bits per heavy atom. The van der Waals surface area contributed by atoms with Crippen molar-refractivity contribution in [2.24, 2.45) is 5.92 Å². The lowest BCUT2D eigenvalue weighted by molar-refractivity contribution is -0.131. The highest BCUT2D eigenvalue weighted by atomic mass is 16.5. The summed E-state index contributed by atoms with van der Waals surface area (Å²) < 4.78 is 7.57. The number of hydrogen-bond donors (Lipinski definition) is 1. The smallest absolute Gasteiger partial charge is 0.229 e. The molecule has 4 heterocycles. The van der Waals surface area contributed by atoms with Crippen molar-refractivity contribution < 1.29 is 9.53 Å². The van der Waals surface area contributed by atoms with E-state index in [-0.39, 0.29) is 11.9 Å². The molecule has 2 fully saturated rings. The second-order valence-electron chi connectivity index (χ2n) is 9.61. The van der Waals surface area contributed by atoms with Gasteiger partial charge in [0.25, 0.3) is 0 Å². The summed E-state index contributed by atoms with van der Waals surface area (Å²) in [5.74, 6) is 2.11. The first-order chi connectivity index (χ1) is 16.0. The third kappa shape index (κ3) is 3.60. The molecule has 6 rings (SSSR count). The van der Waals surface area contributed by atoms with E-state index in [1.165, 1.54) is 11.1 Å². The second-order valence-corrected chi connectivity index (χ2v) is 9.61. The van der Waals surface area contributed by atoms with Gasteiger partial charge in [0.15, 0.2) is 5.65 Å². The normalized spacial score (nSPS) is 24.0. The number of hydrogen-bond acceptors (Lipinski definition) is 7. The number of ether oxygens (including phenoxy) is 1. The Morgan fingerprint density at radius 3 is 2.94 bits per heavy atom. The van der Waals surface area contributed by atoms with E-state index in [9.17, 15) is 4.79 Å². The summed E-state index contributed by atoms with van der Waals surface area (Å²) in [6.07, 6.45) is 6.79. The number of nitrogens with zero attached hydrogens (tertiary/aromatic N) is 6. The van der Waals surface area contributed by atoms with Gasteiger partial charge in [-0.05, 0) is 55.5 Å². The maximum Gasteiger partial charge on any atom is 0.229 e. The van der Waals surface area contributed by atoms with Gasteiger partial charge in [-0.3, -0.25) is 4.79 Å². The zero-order valence-electron chi connectivity index (χ0n) is 19.3. The van der Waals surface area contributed by atoms with Crippen molar-refractivity contribution >= 4 is 28.6 Å². The summed E-state index contributed by atoms with van der Waals surface area (Å²) in [6, 6.07) is 4.87. The van der Waals surface area contributed by atoms with Gasteiger partial charge < -0.3 is 19.9 Å². The molecule has 1 saturated heterocycles. The van der Waals surface area contributed by atoms with Crippen LogP contribution < -0.4 is 10.1 Å². The summed E-state index contributed by atoms with van der Waals surface area (Å²) in [7, 11) is 3.83. The first-order valence-electron chi connectivity index (χ1n) is 11.6. The fourth-order valence-electron chi connectivity index (χ4n) is 5.59. The zero-order chi connectivity index (χ0) is 22.7. The Labute approximate surface area is 192 Å². The topological polar surface area (TPSA) is 88.4 Å². The Kier molecular flexibility index (Phi) is 4.76. The van der Waals surface area contributed by atoms with Gasteiger partial charge in [0.2, 0.25) is 11.9 Å². The minimum atomic E-state index is 0.156. The van der Waals surface area contributed by atoms with E-state index in [2.05, 4.69) is 39.5 Å². The third-order valence-corrected chi connectivity index (χ3v) is 7.31. The van der Waals surface area contributed by atoms with Crippen LogP contribution in [0.5, 0.6) is 5.75 Å². The number of piperidine rings is 1. The van der Waals surface area contributed by atoms with E-state index in [0.717, 1.165) is 54.8 Å². The lowest BCUT2D eigenvalue weighted by Crippen LogP contribution is -2.39. The highest BCUT2D eigenvalue weighted by molar-refractivity contribution is 5.77. The van der Waals surface area contributed by atoms with Gasteiger partial charge in [-0.15, -0.1) is 0 Å². The number of rotatable bonds is 5. The summed E-state index contributed by atoms with van der Waals surface area (Å²) >= 11 is 0. The van der Waals surface area contributed by atoms with E-state index in [1.54, 1.807) is 26.4 Å². The van der Waals surface area contributed by atoms with Crippen molar-refractivity contribution in [2.75, 3.05) is 26.0 Å². The van der Waals surface area contributed by atoms with E-state index in [4.69, 9.17) is 9.72 Å². The van der Waals surface area contributed by atoms with Crippen LogP contribution in [0.15, 0.2) is 24.5 Å². The monoisotopic (exact) mass is 447 g/mol. The number of likely N-dealkylation sites (N-methyl/N-ethyl adjacent to an activating group) is 1. The number of amides is 1. The largest absolute Gasteiger partial charge is 0.495 e. The van der Waals surface area contributed by atoms with E-state index in [1.807, 2.05) is 9.58 Å². The molecule has 0 unspecified atom stereocenters. The van der Waals surface area contributed by atoms with Crippen LogP contribution in [0.1, 0.15) is 30.9 Å². The number of nitrogens with one attached hydrogen (secondary N) is 1. The first-order valence-corrected chi connectivity index (χ1v) is 11.6. The molecule has 2 aromatic heterocycles. The fraction of sp³-hybridized carbons (Fsp3) is 0.500. The van der Waals surface area contributed by atoms with Crippen LogP contribution in [0.4, 0.5) is 11.6 Å². The number of fused-ring (bicyclic) bond motifs is 3. The van der Waals surface area contributed by atoms with Crippen LogP contribution in [0.25, 0.3) is 11.0 Å². The van der Waals surface area contributed by atoms with Crippen molar-refractivity contribution in [3.63, 3.8) is 0 Å². The molecule has 3 aliphatic rings. The Hall–Kier alpha value is -3.20. The molecule has 2 aliphatic heterocycles. The minimum absolute atomic E-state index is 0.156. The zero-order valence-corrected chi connectivity index (χ0v) is 19.3. The first kappa shape index (κ1) is 20.4. The molecule has 0 bridgehead atoms. The highest BCUT2D eigenvalue weighted by Gasteiger charge is 2.53. The van der Waals surface area contributed by atoms with Crippen LogP contribution >= 0.6 is 0 Å². The van der Waals surface area contributed by atoms with Crippen LogP contribution in [0.3, 0.4) is 0 Å². The van der Waals surface area contributed by atoms with Crippen LogP contribution in [-0.2, 0) is 24.3 Å². The van der Waals surface area contributed by atoms with Crippen molar-refractivity contribution in [3.8, 4) is 5.75 Å².